The highest BCUT2D eigenvalue weighted by Gasteiger charge is 2.18. The van der Waals surface area contributed by atoms with Crippen LogP contribution in [0.2, 0.25) is 0 Å². The van der Waals surface area contributed by atoms with E-state index in [4.69, 9.17) is 0 Å². The van der Waals surface area contributed by atoms with Gasteiger partial charge in [0.2, 0.25) is 10.0 Å². The van der Waals surface area contributed by atoms with Crippen molar-refractivity contribution in [2.45, 2.75) is 17.7 Å². The third-order valence-electron chi connectivity index (χ3n) is 4.52. The Balaban J connectivity index is 1.69. The lowest BCUT2D eigenvalue weighted by Crippen LogP contribution is -2.35. The van der Waals surface area contributed by atoms with Gasteiger partial charge in [0.05, 0.1) is 11.4 Å². The summed E-state index contributed by atoms with van der Waals surface area (Å²) in [5.41, 5.74) is 5.23. The monoisotopic (exact) mass is 421 g/mol. The van der Waals surface area contributed by atoms with Gasteiger partial charge in [0.25, 0.3) is 5.91 Å². The van der Waals surface area contributed by atoms with Gasteiger partial charge in [0.15, 0.2) is 0 Å². The van der Waals surface area contributed by atoms with Crippen molar-refractivity contribution in [3.05, 3.63) is 102 Å². The standard InChI is InChI=1S/C23H23N3O3S/c1-18(23(19-11-5-2-6-12-19)20-13-7-3-8-14-20)25-26-22(27)17-24-30(28,29)21-15-9-4-10-16-21/h2-16,23-24H,17H2,1H3,(H,26,27)/b25-18-. The van der Waals surface area contributed by atoms with Gasteiger partial charge in [-0.3, -0.25) is 4.79 Å². The van der Waals surface area contributed by atoms with Crippen molar-refractivity contribution < 1.29 is 13.2 Å². The van der Waals surface area contributed by atoms with E-state index in [9.17, 15) is 13.2 Å². The molecule has 0 bridgehead atoms. The first kappa shape index (κ1) is 21.4. The molecule has 0 aliphatic heterocycles. The average Bonchev–Trinajstić information content (AvgIpc) is 2.78. The summed E-state index contributed by atoms with van der Waals surface area (Å²) < 4.78 is 26.7. The maximum atomic E-state index is 12.2. The highest BCUT2D eigenvalue weighted by atomic mass is 32.2. The molecule has 0 saturated carbocycles. The number of benzene rings is 3. The van der Waals surface area contributed by atoms with E-state index in [2.05, 4.69) is 15.2 Å². The van der Waals surface area contributed by atoms with Crippen LogP contribution in [0.5, 0.6) is 0 Å². The molecule has 0 spiro atoms. The fourth-order valence-corrected chi connectivity index (χ4v) is 4.07. The minimum absolute atomic E-state index is 0.103. The van der Waals surface area contributed by atoms with Crippen molar-refractivity contribution in [2.75, 3.05) is 6.54 Å². The molecule has 6 nitrogen and oxygen atoms in total. The molecule has 3 aromatic carbocycles. The Labute approximate surface area is 176 Å². The number of carbonyl (C=O) groups excluding carboxylic acids is 1. The molecule has 30 heavy (non-hydrogen) atoms. The maximum absolute atomic E-state index is 12.2. The van der Waals surface area contributed by atoms with Crippen LogP contribution in [0.15, 0.2) is 101 Å². The SMILES string of the molecule is C/C(=N/NC(=O)CNS(=O)(=O)c1ccccc1)C(c1ccccc1)c1ccccc1. The van der Waals surface area contributed by atoms with Crippen molar-refractivity contribution in [1.82, 2.24) is 10.1 Å². The lowest BCUT2D eigenvalue weighted by Gasteiger charge is -2.18. The molecule has 0 aromatic heterocycles. The van der Waals surface area contributed by atoms with Gasteiger partial charge < -0.3 is 0 Å². The molecule has 7 heteroatoms. The summed E-state index contributed by atoms with van der Waals surface area (Å²) in [6, 6.07) is 27.6. The molecular weight excluding hydrogens is 398 g/mol. The topological polar surface area (TPSA) is 87.6 Å². The second-order valence-electron chi connectivity index (χ2n) is 6.68. The van der Waals surface area contributed by atoms with Crippen molar-refractivity contribution in [2.24, 2.45) is 5.10 Å². The van der Waals surface area contributed by atoms with E-state index in [-0.39, 0.29) is 10.8 Å². The summed E-state index contributed by atoms with van der Waals surface area (Å²) in [4.78, 5) is 12.3. The number of nitrogens with zero attached hydrogens (tertiary/aromatic N) is 1. The second-order valence-corrected chi connectivity index (χ2v) is 8.45. The van der Waals surface area contributed by atoms with Gasteiger partial charge in [-0.25, -0.2) is 18.6 Å². The molecule has 0 unspecified atom stereocenters. The number of sulfonamides is 1. The average molecular weight is 422 g/mol. The van der Waals surface area contributed by atoms with Crippen LogP contribution in [0, 0.1) is 0 Å². The third kappa shape index (κ3) is 5.62. The lowest BCUT2D eigenvalue weighted by molar-refractivity contribution is -0.119. The first-order valence-electron chi connectivity index (χ1n) is 9.45. The second kappa shape index (κ2) is 9.96. The molecule has 2 N–H and O–H groups in total. The third-order valence-corrected chi connectivity index (χ3v) is 5.93. The van der Waals surface area contributed by atoms with Crippen LogP contribution in [0.4, 0.5) is 0 Å². The zero-order chi connectivity index (χ0) is 21.4. The molecular formula is C23H23N3O3S. The zero-order valence-electron chi connectivity index (χ0n) is 16.5. The highest BCUT2D eigenvalue weighted by Crippen LogP contribution is 2.25. The first-order chi connectivity index (χ1) is 14.5. The number of carbonyl (C=O) groups is 1. The maximum Gasteiger partial charge on any atom is 0.255 e. The van der Waals surface area contributed by atoms with Gasteiger partial charge in [-0.05, 0) is 30.2 Å². The molecule has 0 saturated heterocycles. The highest BCUT2D eigenvalue weighted by molar-refractivity contribution is 7.89. The predicted molar refractivity (Wildman–Crippen MR) is 118 cm³/mol. The lowest BCUT2D eigenvalue weighted by atomic mass is 9.88. The van der Waals surface area contributed by atoms with Crippen molar-refractivity contribution in [1.29, 1.82) is 0 Å². The van der Waals surface area contributed by atoms with E-state index < -0.39 is 22.5 Å². The summed E-state index contributed by atoms with van der Waals surface area (Å²) in [5, 5.41) is 4.23. The van der Waals surface area contributed by atoms with Crippen molar-refractivity contribution in [3.8, 4) is 0 Å². The molecule has 0 aliphatic carbocycles. The Morgan fingerprint density at radius 2 is 1.30 bits per heavy atom. The van der Waals surface area contributed by atoms with E-state index in [1.54, 1.807) is 18.2 Å². The van der Waals surface area contributed by atoms with Crippen LogP contribution in [0.25, 0.3) is 0 Å². The molecule has 3 rings (SSSR count). The largest absolute Gasteiger partial charge is 0.272 e. The van der Waals surface area contributed by atoms with Gasteiger partial charge in [0.1, 0.15) is 0 Å². The number of hydrazone groups is 1. The van der Waals surface area contributed by atoms with Gasteiger partial charge in [-0.2, -0.15) is 5.10 Å². The Morgan fingerprint density at radius 3 is 1.80 bits per heavy atom. The van der Waals surface area contributed by atoms with Gasteiger partial charge >= 0.3 is 0 Å². The molecule has 154 valence electrons. The molecule has 1 amide bonds. The number of nitrogens with one attached hydrogen (secondary N) is 2. The van der Waals surface area contributed by atoms with Crippen LogP contribution in [0.1, 0.15) is 24.0 Å². The van der Waals surface area contributed by atoms with E-state index in [1.807, 2.05) is 67.6 Å². The summed E-state index contributed by atoms with van der Waals surface area (Å²) >= 11 is 0. The zero-order valence-corrected chi connectivity index (χ0v) is 17.3. The first-order valence-corrected chi connectivity index (χ1v) is 10.9. The van der Waals surface area contributed by atoms with Crippen molar-refractivity contribution >= 4 is 21.6 Å². The molecule has 0 radical (unpaired) electrons. The van der Waals surface area contributed by atoms with Crippen LogP contribution in [-0.2, 0) is 14.8 Å². The number of hydrogen-bond donors (Lipinski definition) is 2. The van der Waals surface area contributed by atoms with Crippen LogP contribution in [-0.4, -0.2) is 26.6 Å². The van der Waals surface area contributed by atoms with E-state index in [0.29, 0.717) is 5.71 Å². The number of hydrogen-bond acceptors (Lipinski definition) is 4. The predicted octanol–water partition coefficient (Wildman–Crippen LogP) is 3.29. The number of amides is 1. The van der Waals surface area contributed by atoms with Crippen molar-refractivity contribution in [3.63, 3.8) is 0 Å². The minimum Gasteiger partial charge on any atom is -0.272 e. The molecule has 0 fully saturated rings. The summed E-state index contributed by atoms with van der Waals surface area (Å²) in [5.74, 6) is -0.678. The summed E-state index contributed by atoms with van der Waals surface area (Å²) in [7, 11) is -3.76. The summed E-state index contributed by atoms with van der Waals surface area (Å²) in [6.45, 7) is 1.43. The van der Waals surface area contributed by atoms with Gasteiger partial charge in [-0.15, -0.1) is 0 Å². The van der Waals surface area contributed by atoms with Crippen LogP contribution in [0.3, 0.4) is 0 Å². The van der Waals surface area contributed by atoms with E-state index >= 15 is 0 Å². The Bertz CT molecular complexity index is 1060. The Hall–Kier alpha value is -3.29. The van der Waals surface area contributed by atoms with Gasteiger partial charge in [-0.1, -0.05) is 78.9 Å². The molecule has 0 heterocycles. The van der Waals surface area contributed by atoms with Crippen LogP contribution < -0.4 is 10.1 Å². The fraction of sp³-hybridized carbons (Fsp3) is 0.130. The Morgan fingerprint density at radius 1 is 0.833 bits per heavy atom. The normalized spacial score (nSPS) is 12.0. The number of rotatable bonds is 8. The molecule has 0 atom stereocenters. The summed E-state index contributed by atoms with van der Waals surface area (Å²) in [6.07, 6.45) is 0. The molecule has 0 aliphatic rings. The van der Waals surface area contributed by atoms with E-state index in [1.165, 1.54) is 12.1 Å². The smallest absolute Gasteiger partial charge is 0.255 e. The van der Waals surface area contributed by atoms with Crippen LogP contribution >= 0.6 is 0 Å². The Kier molecular flexibility index (Phi) is 7.11. The van der Waals surface area contributed by atoms with Gasteiger partial charge in [0, 0.05) is 11.6 Å². The molecule has 3 aromatic rings. The fourth-order valence-electron chi connectivity index (χ4n) is 3.06. The minimum atomic E-state index is -3.76. The van der Waals surface area contributed by atoms with E-state index in [0.717, 1.165) is 11.1 Å². The quantitative estimate of drug-likeness (QED) is 0.432.